The van der Waals surface area contributed by atoms with Crippen molar-refractivity contribution in [2.45, 2.75) is 12.5 Å². The molecule has 0 aliphatic carbocycles. The van der Waals surface area contributed by atoms with Gasteiger partial charge >= 0.3 is 0 Å². The van der Waals surface area contributed by atoms with Gasteiger partial charge in [-0.3, -0.25) is 0 Å². The van der Waals surface area contributed by atoms with Gasteiger partial charge in [0.1, 0.15) is 5.82 Å². The molecule has 0 saturated heterocycles. The molecule has 2 rings (SSSR count). The summed E-state index contributed by atoms with van der Waals surface area (Å²) in [7, 11) is 1.86. The lowest BCUT2D eigenvalue weighted by molar-refractivity contribution is 0.583. The van der Waals surface area contributed by atoms with Gasteiger partial charge in [-0.25, -0.2) is 9.37 Å². The first-order chi connectivity index (χ1) is 8.09. The second kappa shape index (κ2) is 4.85. The van der Waals surface area contributed by atoms with Gasteiger partial charge < -0.3 is 10.3 Å². The molecule has 90 valence electrons. The van der Waals surface area contributed by atoms with E-state index >= 15 is 0 Å². The van der Waals surface area contributed by atoms with Crippen LogP contribution in [0.25, 0.3) is 0 Å². The molecule has 1 aromatic carbocycles. The van der Waals surface area contributed by atoms with Gasteiger partial charge in [0.05, 0.1) is 23.1 Å². The fourth-order valence-electron chi connectivity index (χ4n) is 1.77. The van der Waals surface area contributed by atoms with Gasteiger partial charge in [0.25, 0.3) is 0 Å². The molecule has 0 spiro atoms. The van der Waals surface area contributed by atoms with Crippen molar-refractivity contribution >= 4 is 11.6 Å². The smallest absolute Gasteiger partial charge is 0.145 e. The first-order valence-corrected chi connectivity index (χ1v) is 5.62. The number of hydrogen-bond donors (Lipinski definition) is 1. The molecule has 3 nitrogen and oxygen atoms in total. The SMILES string of the molecule is Cn1cncc1C(N)Cc1cccc(Cl)c1F. The number of aryl methyl sites for hydroxylation is 1. The lowest BCUT2D eigenvalue weighted by Crippen LogP contribution is -2.17. The van der Waals surface area contributed by atoms with Crippen LogP contribution < -0.4 is 5.73 Å². The molecule has 17 heavy (non-hydrogen) atoms. The quantitative estimate of drug-likeness (QED) is 0.913. The fourth-order valence-corrected chi connectivity index (χ4v) is 1.97. The average Bonchev–Trinajstić information content (AvgIpc) is 2.71. The van der Waals surface area contributed by atoms with E-state index in [1.54, 1.807) is 24.7 Å². The molecule has 0 amide bonds. The van der Waals surface area contributed by atoms with Crippen LogP contribution in [0.5, 0.6) is 0 Å². The summed E-state index contributed by atoms with van der Waals surface area (Å²) >= 11 is 5.72. The van der Waals surface area contributed by atoms with Gasteiger partial charge in [-0.1, -0.05) is 23.7 Å². The maximum absolute atomic E-state index is 13.7. The fraction of sp³-hybridized carbons (Fsp3) is 0.250. The number of hydrogen-bond acceptors (Lipinski definition) is 2. The number of nitrogens with zero attached hydrogens (tertiary/aromatic N) is 2. The zero-order chi connectivity index (χ0) is 12.4. The number of nitrogens with two attached hydrogens (primary N) is 1. The van der Waals surface area contributed by atoms with Crippen molar-refractivity contribution in [1.29, 1.82) is 0 Å². The highest BCUT2D eigenvalue weighted by atomic mass is 35.5. The Labute approximate surface area is 104 Å². The number of aromatic nitrogens is 2. The molecular weight excluding hydrogens is 241 g/mol. The Morgan fingerprint density at radius 2 is 2.29 bits per heavy atom. The summed E-state index contributed by atoms with van der Waals surface area (Å²) in [5.41, 5.74) is 7.41. The molecule has 1 aromatic heterocycles. The molecule has 1 unspecified atom stereocenters. The van der Waals surface area contributed by atoms with Crippen molar-refractivity contribution in [1.82, 2.24) is 9.55 Å². The molecule has 2 N–H and O–H groups in total. The highest BCUT2D eigenvalue weighted by Crippen LogP contribution is 2.22. The van der Waals surface area contributed by atoms with Gasteiger partial charge in [-0.15, -0.1) is 0 Å². The summed E-state index contributed by atoms with van der Waals surface area (Å²) in [4.78, 5) is 3.99. The number of benzene rings is 1. The summed E-state index contributed by atoms with van der Waals surface area (Å²) in [6, 6.07) is 4.64. The van der Waals surface area contributed by atoms with E-state index in [4.69, 9.17) is 17.3 Å². The lowest BCUT2D eigenvalue weighted by Gasteiger charge is -2.13. The van der Waals surface area contributed by atoms with E-state index in [2.05, 4.69) is 4.98 Å². The first kappa shape index (κ1) is 12.1. The molecule has 0 bridgehead atoms. The Bertz CT molecular complexity index is 524. The Morgan fingerprint density at radius 3 is 2.94 bits per heavy atom. The summed E-state index contributed by atoms with van der Waals surface area (Å²) in [5, 5.41) is 0.125. The summed E-state index contributed by atoms with van der Waals surface area (Å²) in [5.74, 6) is -0.396. The van der Waals surface area contributed by atoms with Crippen molar-refractivity contribution in [3.63, 3.8) is 0 Å². The van der Waals surface area contributed by atoms with Crippen LogP contribution in [0.15, 0.2) is 30.7 Å². The van der Waals surface area contributed by atoms with E-state index in [-0.39, 0.29) is 11.1 Å². The van der Waals surface area contributed by atoms with E-state index in [0.29, 0.717) is 12.0 Å². The van der Waals surface area contributed by atoms with Crippen LogP contribution in [-0.4, -0.2) is 9.55 Å². The minimum atomic E-state index is -0.396. The van der Waals surface area contributed by atoms with Crippen molar-refractivity contribution < 1.29 is 4.39 Å². The van der Waals surface area contributed by atoms with Gasteiger partial charge in [0, 0.05) is 13.2 Å². The molecule has 1 atom stereocenters. The van der Waals surface area contributed by atoms with E-state index in [9.17, 15) is 4.39 Å². The van der Waals surface area contributed by atoms with Crippen LogP contribution in [0.1, 0.15) is 17.3 Å². The minimum Gasteiger partial charge on any atom is -0.336 e. The van der Waals surface area contributed by atoms with E-state index in [1.165, 1.54) is 6.07 Å². The first-order valence-electron chi connectivity index (χ1n) is 5.24. The zero-order valence-electron chi connectivity index (χ0n) is 9.40. The maximum Gasteiger partial charge on any atom is 0.145 e. The minimum absolute atomic E-state index is 0.125. The predicted octanol–water partition coefficient (Wildman–Crippen LogP) is 2.46. The second-order valence-electron chi connectivity index (χ2n) is 3.95. The Hall–Kier alpha value is -1.39. The van der Waals surface area contributed by atoms with Crippen molar-refractivity contribution in [3.05, 3.63) is 52.8 Å². The summed E-state index contributed by atoms with van der Waals surface area (Å²) in [6.07, 6.45) is 3.75. The van der Waals surface area contributed by atoms with Gasteiger partial charge in [0.2, 0.25) is 0 Å². The van der Waals surface area contributed by atoms with E-state index in [1.807, 2.05) is 11.6 Å². The highest BCUT2D eigenvalue weighted by molar-refractivity contribution is 6.30. The largest absolute Gasteiger partial charge is 0.336 e. The monoisotopic (exact) mass is 253 g/mol. The Kier molecular flexibility index (Phi) is 3.45. The van der Waals surface area contributed by atoms with Crippen LogP contribution in [0.3, 0.4) is 0 Å². The van der Waals surface area contributed by atoms with Crippen molar-refractivity contribution in [2.75, 3.05) is 0 Å². The summed E-state index contributed by atoms with van der Waals surface area (Å²) < 4.78 is 15.5. The second-order valence-corrected chi connectivity index (χ2v) is 4.36. The molecule has 0 aliphatic rings. The van der Waals surface area contributed by atoms with Crippen LogP contribution >= 0.6 is 11.6 Å². The number of imidazole rings is 1. The van der Waals surface area contributed by atoms with Crippen LogP contribution in [0.4, 0.5) is 4.39 Å². The molecule has 0 saturated carbocycles. The Balaban J connectivity index is 2.22. The maximum atomic E-state index is 13.7. The molecule has 1 heterocycles. The molecule has 0 fully saturated rings. The van der Waals surface area contributed by atoms with Crippen molar-refractivity contribution in [3.8, 4) is 0 Å². The third-order valence-corrected chi connectivity index (χ3v) is 3.00. The molecule has 0 radical (unpaired) electrons. The molecular formula is C12H13ClFN3. The predicted molar refractivity (Wildman–Crippen MR) is 65.3 cm³/mol. The average molecular weight is 254 g/mol. The third kappa shape index (κ3) is 2.48. The van der Waals surface area contributed by atoms with Crippen LogP contribution in [-0.2, 0) is 13.5 Å². The van der Waals surface area contributed by atoms with Crippen LogP contribution in [0.2, 0.25) is 5.02 Å². The molecule has 0 aliphatic heterocycles. The number of halogens is 2. The molecule has 5 heteroatoms. The van der Waals surface area contributed by atoms with E-state index in [0.717, 1.165) is 5.69 Å². The lowest BCUT2D eigenvalue weighted by atomic mass is 10.0. The topological polar surface area (TPSA) is 43.8 Å². The third-order valence-electron chi connectivity index (χ3n) is 2.71. The van der Waals surface area contributed by atoms with Crippen LogP contribution in [0, 0.1) is 5.82 Å². The normalized spacial score (nSPS) is 12.7. The standard InChI is InChI=1S/C12H13ClFN3/c1-17-7-16-6-11(17)10(15)5-8-3-2-4-9(13)12(8)14/h2-4,6-7,10H,5,15H2,1H3. The van der Waals surface area contributed by atoms with Gasteiger partial charge in [-0.05, 0) is 18.1 Å². The van der Waals surface area contributed by atoms with E-state index < -0.39 is 5.82 Å². The van der Waals surface area contributed by atoms with Gasteiger partial charge in [-0.2, -0.15) is 0 Å². The highest BCUT2D eigenvalue weighted by Gasteiger charge is 2.14. The summed E-state index contributed by atoms with van der Waals surface area (Å²) in [6.45, 7) is 0. The Morgan fingerprint density at radius 1 is 1.53 bits per heavy atom. The van der Waals surface area contributed by atoms with Gasteiger partial charge in [0.15, 0.2) is 0 Å². The number of rotatable bonds is 3. The van der Waals surface area contributed by atoms with Crippen molar-refractivity contribution in [2.24, 2.45) is 12.8 Å². The molecule has 2 aromatic rings. The zero-order valence-corrected chi connectivity index (χ0v) is 10.2.